The summed E-state index contributed by atoms with van der Waals surface area (Å²) in [4.78, 5) is 0. The summed E-state index contributed by atoms with van der Waals surface area (Å²) in [6.45, 7) is 5.01. The van der Waals surface area contributed by atoms with Crippen molar-refractivity contribution < 1.29 is 0 Å². The van der Waals surface area contributed by atoms with Crippen LogP contribution in [0.15, 0.2) is 42.5 Å². The maximum absolute atomic E-state index is 5.94. The smallest absolute Gasteiger partial charge is 0.0452 e. The van der Waals surface area contributed by atoms with Crippen LogP contribution >= 0.6 is 0 Å². The maximum atomic E-state index is 5.94. The number of fused-ring (bicyclic) bond motifs is 1. The largest absolute Gasteiger partial charge is 0.329 e. The van der Waals surface area contributed by atoms with Gasteiger partial charge in [0.2, 0.25) is 0 Å². The lowest BCUT2D eigenvalue weighted by atomic mass is 9.98. The summed E-state index contributed by atoms with van der Waals surface area (Å²) in [6, 6.07) is 15.6. The fourth-order valence-corrected chi connectivity index (χ4v) is 2.30. The van der Waals surface area contributed by atoms with Crippen LogP contribution < -0.4 is 11.1 Å². The van der Waals surface area contributed by atoms with Crippen molar-refractivity contribution in [3.05, 3.63) is 48.0 Å². The summed E-state index contributed by atoms with van der Waals surface area (Å²) in [6.07, 6.45) is 1.11. The van der Waals surface area contributed by atoms with Crippen LogP contribution in [-0.4, -0.2) is 12.6 Å². The molecule has 0 fully saturated rings. The molecule has 0 saturated carbocycles. The number of nitrogens with two attached hydrogens (primary N) is 1. The van der Waals surface area contributed by atoms with Gasteiger partial charge in [0, 0.05) is 18.6 Å². The molecule has 0 bridgehead atoms. The SMILES string of the molecule is CCC(C)NC(CN)c1cccc2ccccc12. The summed E-state index contributed by atoms with van der Waals surface area (Å²) in [7, 11) is 0. The first kappa shape index (κ1) is 13.1. The zero-order valence-electron chi connectivity index (χ0n) is 11.2. The summed E-state index contributed by atoms with van der Waals surface area (Å²) in [5.74, 6) is 0. The van der Waals surface area contributed by atoms with E-state index in [0.29, 0.717) is 12.6 Å². The van der Waals surface area contributed by atoms with E-state index in [0.717, 1.165) is 6.42 Å². The van der Waals surface area contributed by atoms with Crippen LogP contribution in [0.4, 0.5) is 0 Å². The van der Waals surface area contributed by atoms with Gasteiger partial charge in [-0.2, -0.15) is 0 Å². The Kier molecular flexibility index (Phi) is 4.34. The summed E-state index contributed by atoms with van der Waals surface area (Å²) in [5, 5.41) is 6.17. The second kappa shape index (κ2) is 5.98. The molecule has 0 saturated heterocycles. The topological polar surface area (TPSA) is 38.0 Å². The number of benzene rings is 2. The normalized spacial score (nSPS) is 14.6. The van der Waals surface area contributed by atoms with Crippen molar-refractivity contribution in [3.8, 4) is 0 Å². The van der Waals surface area contributed by atoms with Crippen molar-refractivity contribution in [1.29, 1.82) is 0 Å². The van der Waals surface area contributed by atoms with E-state index in [1.54, 1.807) is 0 Å². The first-order chi connectivity index (χ1) is 8.76. The highest BCUT2D eigenvalue weighted by molar-refractivity contribution is 5.86. The van der Waals surface area contributed by atoms with Crippen LogP contribution in [0.1, 0.15) is 31.9 Å². The van der Waals surface area contributed by atoms with Gasteiger partial charge in [0.1, 0.15) is 0 Å². The number of hydrogen-bond acceptors (Lipinski definition) is 2. The Balaban J connectivity index is 2.38. The van der Waals surface area contributed by atoms with Crippen LogP contribution in [0.3, 0.4) is 0 Å². The molecular weight excluding hydrogens is 220 g/mol. The maximum Gasteiger partial charge on any atom is 0.0452 e. The van der Waals surface area contributed by atoms with Gasteiger partial charge in [0.25, 0.3) is 0 Å². The van der Waals surface area contributed by atoms with E-state index < -0.39 is 0 Å². The molecule has 2 nitrogen and oxygen atoms in total. The molecule has 2 heteroatoms. The lowest BCUT2D eigenvalue weighted by Gasteiger charge is -2.23. The van der Waals surface area contributed by atoms with Crippen LogP contribution in [0.2, 0.25) is 0 Å². The van der Waals surface area contributed by atoms with Gasteiger partial charge in [-0.1, -0.05) is 49.4 Å². The average molecular weight is 242 g/mol. The molecule has 96 valence electrons. The Labute approximate surface area is 109 Å². The Morgan fingerprint density at radius 1 is 1.11 bits per heavy atom. The molecule has 18 heavy (non-hydrogen) atoms. The molecule has 2 aromatic carbocycles. The van der Waals surface area contributed by atoms with Crippen molar-refractivity contribution in [2.75, 3.05) is 6.54 Å². The molecule has 0 radical (unpaired) electrons. The van der Waals surface area contributed by atoms with Gasteiger partial charge in [-0.3, -0.25) is 0 Å². The molecule has 2 atom stereocenters. The zero-order valence-corrected chi connectivity index (χ0v) is 11.2. The lowest BCUT2D eigenvalue weighted by molar-refractivity contribution is 0.454. The van der Waals surface area contributed by atoms with Crippen molar-refractivity contribution >= 4 is 10.8 Å². The van der Waals surface area contributed by atoms with Crippen LogP contribution in [-0.2, 0) is 0 Å². The molecule has 0 aliphatic carbocycles. The molecule has 2 rings (SSSR count). The Morgan fingerprint density at radius 3 is 2.56 bits per heavy atom. The van der Waals surface area contributed by atoms with E-state index in [2.05, 4.69) is 61.6 Å². The lowest BCUT2D eigenvalue weighted by Crippen LogP contribution is -2.34. The molecule has 3 N–H and O–H groups in total. The third-order valence-corrected chi connectivity index (χ3v) is 3.53. The summed E-state index contributed by atoms with van der Waals surface area (Å²) < 4.78 is 0. The van der Waals surface area contributed by atoms with Crippen molar-refractivity contribution in [3.63, 3.8) is 0 Å². The summed E-state index contributed by atoms with van der Waals surface area (Å²) in [5.41, 5.74) is 7.24. The molecule has 0 amide bonds. The first-order valence-corrected chi connectivity index (χ1v) is 6.70. The molecule has 0 aromatic heterocycles. The quantitative estimate of drug-likeness (QED) is 0.844. The standard InChI is InChI=1S/C16H22N2/c1-3-12(2)18-16(11-17)15-10-6-8-13-7-4-5-9-14(13)15/h4-10,12,16,18H,3,11,17H2,1-2H3. The summed E-state index contributed by atoms with van der Waals surface area (Å²) >= 11 is 0. The molecule has 2 aromatic rings. The van der Waals surface area contributed by atoms with Crippen LogP contribution in [0.25, 0.3) is 10.8 Å². The fourth-order valence-electron chi connectivity index (χ4n) is 2.30. The predicted molar refractivity (Wildman–Crippen MR) is 78.6 cm³/mol. The fraction of sp³-hybridized carbons (Fsp3) is 0.375. The second-order valence-corrected chi connectivity index (χ2v) is 4.83. The van der Waals surface area contributed by atoms with E-state index in [1.807, 2.05) is 0 Å². The Bertz CT molecular complexity index is 502. The highest BCUT2D eigenvalue weighted by Crippen LogP contribution is 2.24. The Morgan fingerprint density at radius 2 is 1.83 bits per heavy atom. The van der Waals surface area contributed by atoms with E-state index in [-0.39, 0.29) is 6.04 Å². The van der Waals surface area contributed by atoms with Gasteiger partial charge >= 0.3 is 0 Å². The molecule has 2 unspecified atom stereocenters. The molecular formula is C16H22N2. The van der Waals surface area contributed by atoms with Crippen molar-refractivity contribution in [2.45, 2.75) is 32.4 Å². The third-order valence-electron chi connectivity index (χ3n) is 3.53. The van der Waals surface area contributed by atoms with Gasteiger partial charge in [-0.15, -0.1) is 0 Å². The van der Waals surface area contributed by atoms with Gasteiger partial charge in [-0.05, 0) is 29.7 Å². The van der Waals surface area contributed by atoms with Crippen molar-refractivity contribution in [2.24, 2.45) is 5.73 Å². The highest BCUT2D eigenvalue weighted by atomic mass is 15.0. The molecule has 0 aliphatic heterocycles. The molecule has 0 spiro atoms. The van der Waals surface area contributed by atoms with Crippen molar-refractivity contribution in [1.82, 2.24) is 5.32 Å². The molecule has 0 heterocycles. The highest BCUT2D eigenvalue weighted by Gasteiger charge is 2.14. The molecule has 0 aliphatic rings. The third kappa shape index (κ3) is 2.71. The number of hydrogen-bond donors (Lipinski definition) is 2. The van der Waals surface area contributed by atoms with E-state index in [4.69, 9.17) is 5.73 Å². The van der Waals surface area contributed by atoms with Crippen LogP contribution in [0, 0.1) is 0 Å². The first-order valence-electron chi connectivity index (χ1n) is 6.70. The minimum atomic E-state index is 0.228. The van der Waals surface area contributed by atoms with Gasteiger partial charge in [0.15, 0.2) is 0 Å². The minimum Gasteiger partial charge on any atom is -0.329 e. The van der Waals surface area contributed by atoms with E-state index in [1.165, 1.54) is 16.3 Å². The Hall–Kier alpha value is -1.38. The number of nitrogens with one attached hydrogen (secondary N) is 1. The predicted octanol–water partition coefficient (Wildman–Crippen LogP) is 3.23. The van der Waals surface area contributed by atoms with Gasteiger partial charge in [0.05, 0.1) is 0 Å². The van der Waals surface area contributed by atoms with E-state index >= 15 is 0 Å². The van der Waals surface area contributed by atoms with E-state index in [9.17, 15) is 0 Å². The number of rotatable bonds is 5. The van der Waals surface area contributed by atoms with Gasteiger partial charge in [-0.25, -0.2) is 0 Å². The van der Waals surface area contributed by atoms with Crippen LogP contribution in [0.5, 0.6) is 0 Å². The monoisotopic (exact) mass is 242 g/mol. The second-order valence-electron chi connectivity index (χ2n) is 4.83. The zero-order chi connectivity index (χ0) is 13.0. The minimum absolute atomic E-state index is 0.228. The van der Waals surface area contributed by atoms with Gasteiger partial charge < -0.3 is 11.1 Å². The average Bonchev–Trinajstić information content (AvgIpc) is 2.44.